The summed E-state index contributed by atoms with van der Waals surface area (Å²) >= 11 is 0. The average Bonchev–Trinajstić information content (AvgIpc) is 2.78. The number of amidine groups is 1. The van der Waals surface area contributed by atoms with Gasteiger partial charge in [0.05, 0.1) is 22.9 Å². The zero-order valence-electron chi connectivity index (χ0n) is 18.7. The van der Waals surface area contributed by atoms with Gasteiger partial charge in [0.2, 0.25) is 0 Å². The Bertz CT molecular complexity index is 1180. The number of nitrogens with zero attached hydrogens (tertiary/aromatic N) is 5. The first-order chi connectivity index (χ1) is 15.3. The highest BCUT2D eigenvalue weighted by Crippen LogP contribution is 2.45. The minimum absolute atomic E-state index is 0.0259. The molecule has 0 aliphatic carbocycles. The van der Waals surface area contributed by atoms with Crippen LogP contribution in [0.4, 0.5) is 11.4 Å². The number of hydrazone groups is 1. The van der Waals surface area contributed by atoms with Gasteiger partial charge >= 0.3 is 0 Å². The van der Waals surface area contributed by atoms with Gasteiger partial charge in [-0.05, 0) is 50.7 Å². The molecule has 1 amide bonds. The van der Waals surface area contributed by atoms with E-state index in [1.54, 1.807) is 6.07 Å². The van der Waals surface area contributed by atoms with Crippen molar-refractivity contribution < 1.29 is 9.53 Å². The molecule has 2 aromatic rings. The molecule has 8 nitrogen and oxygen atoms in total. The summed E-state index contributed by atoms with van der Waals surface area (Å²) in [5.74, 6) is 1.25. The van der Waals surface area contributed by atoms with Crippen LogP contribution >= 0.6 is 0 Å². The van der Waals surface area contributed by atoms with Crippen LogP contribution in [0.3, 0.4) is 0 Å². The van der Waals surface area contributed by atoms with Gasteiger partial charge in [-0.3, -0.25) is 4.79 Å². The van der Waals surface area contributed by atoms with Gasteiger partial charge in [0.25, 0.3) is 5.91 Å². The molecule has 0 saturated carbocycles. The van der Waals surface area contributed by atoms with Crippen LogP contribution in [-0.4, -0.2) is 62.0 Å². The van der Waals surface area contributed by atoms with Crippen LogP contribution in [0.25, 0.3) is 11.1 Å². The molecule has 1 atom stereocenters. The molecule has 2 aromatic carbocycles. The molecule has 0 spiro atoms. The Morgan fingerprint density at radius 2 is 2.09 bits per heavy atom. The Kier molecular flexibility index (Phi) is 4.60. The Balaban J connectivity index is 1.69. The van der Waals surface area contributed by atoms with E-state index < -0.39 is 0 Å². The summed E-state index contributed by atoms with van der Waals surface area (Å²) in [6.45, 7) is 6.30. The number of benzene rings is 2. The Morgan fingerprint density at radius 3 is 2.81 bits per heavy atom. The molecule has 0 bridgehead atoms. The zero-order chi connectivity index (χ0) is 22.6. The summed E-state index contributed by atoms with van der Waals surface area (Å²) < 4.78 is 6.06. The molecule has 3 aliphatic rings. The van der Waals surface area contributed by atoms with Crippen molar-refractivity contribution in [1.82, 2.24) is 10.3 Å². The van der Waals surface area contributed by atoms with Crippen molar-refractivity contribution in [2.24, 2.45) is 5.10 Å². The molecular weight excluding hydrogens is 404 g/mol. The van der Waals surface area contributed by atoms with Gasteiger partial charge in [-0.15, -0.1) is 0 Å². The second-order valence-corrected chi connectivity index (χ2v) is 9.10. The molecule has 164 valence electrons. The number of fused-ring (bicyclic) bond motifs is 3. The van der Waals surface area contributed by atoms with Crippen molar-refractivity contribution in [3.63, 3.8) is 0 Å². The maximum Gasteiger partial charge on any atom is 0.262 e. The summed E-state index contributed by atoms with van der Waals surface area (Å²) in [6.07, 6.45) is 0. The van der Waals surface area contributed by atoms with Gasteiger partial charge in [0.15, 0.2) is 5.84 Å². The van der Waals surface area contributed by atoms with Crippen molar-refractivity contribution in [3.05, 3.63) is 42.0 Å². The number of carbonyl (C=O) groups is 1. The van der Waals surface area contributed by atoms with E-state index >= 15 is 0 Å². The van der Waals surface area contributed by atoms with Crippen LogP contribution in [0, 0.1) is 11.3 Å². The van der Waals surface area contributed by atoms with Gasteiger partial charge in [-0.25, -0.2) is 5.43 Å². The molecular formula is C24H26N6O2. The van der Waals surface area contributed by atoms with Crippen LogP contribution in [0.2, 0.25) is 0 Å². The quantitative estimate of drug-likeness (QED) is 0.805. The Hall–Kier alpha value is -3.57. The number of ether oxygens (including phenoxy) is 1. The van der Waals surface area contributed by atoms with Crippen molar-refractivity contribution >= 4 is 23.1 Å². The molecule has 0 aromatic heterocycles. The molecule has 1 unspecified atom stereocenters. The second-order valence-electron chi connectivity index (χ2n) is 9.10. The molecule has 3 aliphatic heterocycles. The molecule has 1 fully saturated rings. The predicted molar refractivity (Wildman–Crippen MR) is 124 cm³/mol. The minimum Gasteiger partial charge on any atom is -0.483 e. The van der Waals surface area contributed by atoms with Gasteiger partial charge in [-0.2, -0.15) is 10.4 Å². The van der Waals surface area contributed by atoms with E-state index in [-0.39, 0.29) is 24.1 Å². The fourth-order valence-corrected chi connectivity index (χ4v) is 4.95. The predicted octanol–water partition coefficient (Wildman–Crippen LogP) is 2.40. The van der Waals surface area contributed by atoms with Crippen molar-refractivity contribution in [1.29, 1.82) is 5.26 Å². The van der Waals surface area contributed by atoms with Crippen LogP contribution in [-0.2, 0) is 4.79 Å². The van der Waals surface area contributed by atoms with E-state index in [9.17, 15) is 10.1 Å². The summed E-state index contributed by atoms with van der Waals surface area (Å²) in [4.78, 5) is 18.9. The van der Waals surface area contributed by atoms with Gasteiger partial charge in [-0.1, -0.05) is 12.1 Å². The van der Waals surface area contributed by atoms with Crippen LogP contribution < -0.4 is 20.0 Å². The third-order valence-electron chi connectivity index (χ3n) is 6.73. The lowest BCUT2D eigenvalue weighted by Crippen LogP contribution is -2.66. The highest BCUT2D eigenvalue weighted by atomic mass is 16.5. The summed E-state index contributed by atoms with van der Waals surface area (Å²) in [6, 6.07) is 13.6. The largest absolute Gasteiger partial charge is 0.483 e. The topological polar surface area (TPSA) is 84.2 Å². The zero-order valence-corrected chi connectivity index (χ0v) is 18.7. The third kappa shape index (κ3) is 3.09. The number of hydrogen-bond acceptors (Lipinski definition) is 7. The summed E-state index contributed by atoms with van der Waals surface area (Å²) in [5, 5.41) is 13.6. The number of carbonyl (C=O) groups excluding carboxylic acids is 1. The average molecular weight is 431 g/mol. The number of rotatable bonds is 3. The molecule has 8 heteroatoms. The number of likely N-dealkylation sites (N-methyl/N-ethyl adjacent to an activating group) is 2. The molecule has 1 N–H and O–H groups in total. The second kappa shape index (κ2) is 7.24. The SMILES string of the molecule is CC1C(=O)NN=C2COc3cc(-c4cccc(C#N)c4)c(N(C)C4(C)CN(C)C4)cc3N21. The molecule has 5 rings (SSSR count). The summed E-state index contributed by atoms with van der Waals surface area (Å²) in [5.41, 5.74) is 6.97. The van der Waals surface area contributed by atoms with E-state index in [4.69, 9.17) is 4.74 Å². The number of nitrogens with one attached hydrogen (secondary N) is 1. The number of nitriles is 1. The first-order valence-electron chi connectivity index (χ1n) is 10.7. The standard InChI is InChI=1S/C24H26N6O2/c1-15-23(31)27-26-22-12-32-21-9-18(17-7-5-6-16(8-17)11-25)19(10-20(21)30(15)22)29(4)24(2)13-28(3)14-24/h5-10,15H,12-14H2,1-4H3,(H,27,31). The lowest BCUT2D eigenvalue weighted by atomic mass is 9.89. The van der Waals surface area contributed by atoms with Crippen LogP contribution in [0.15, 0.2) is 41.5 Å². The molecule has 32 heavy (non-hydrogen) atoms. The number of anilines is 2. The smallest absolute Gasteiger partial charge is 0.262 e. The van der Waals surface area contributed by atoms with Crippen molar-refractivity contribution in [3.8, 4) is 22.9 Å². The third-order valence-corrected chi connectivity index (χ3v) is 6.73. The van der Waals surface area contributed by atoms with Crippen molar-refractivity contribution in [2.45, 2.75) is 25.4 Å². The van der Waals surface area contributed by atoms with E-state index in [2.05, 4.69) is 53.5 Å². The Morgan fingerprint density at radius 1 is 1.31 bits per heavy atom. The fourth-order valence-electron chi connectivity index (χ4n) is 4.95. The number of amides is 1. The first-order valence-corrected chi connectivity index (χ1v) is 10.7. The van der Waals surface area contributed by atoms with Crippen LogP contribution in [0.5, 0.6) is 5.75 Å². The van der Waals surface area contributed by atoms with Gasteiger partial charge < -0.3 is 19.4 Å². The maximum atomic E-state index is 12.3. The lowest BCUT2D eigenvalue weighted by Gasteiger charge is -2.53. The first kappa shape index (κ1) is 20.3. The Labute approximate surface area is 187 Å². The maximum absolute atomic E-state index is 12.3. The summed E-state index contributed by atoms with van der Waals surface area (Å²) in [7, 11) is 4.22. The molecule has 0 radical (unpaired) electrons. The molecule has 3 heterocycles. The normalized spacial score (nSPS) is 21.2. The van der Waals surface area contributed by atoms with Gasteiger partial charge in [0, 0.05) is 31.4 Å². The van der Waals surface area contributed by atoms with Gasteiger partial charge in [0.1, 0.15) is 18.4 Å². The van der Waals surface area contributed by atoms with Crippen molar-refractivity contribution in [2.75, 3.05) is 43.6 Å². The highest BCUT2D eigenvalue weighted by molar-refractivity contribution is 6.10. The lowest BCUT2D eigenvalue weighted by molar-refractivity contribution is -0.122. The van der Waals surface area contributed by atoms with E-state index in [0.717, 1.165) is 35.6 Å². The van der Waals surface area contributed by atoms with E-state index in [1.165, 1.54) is 0 Å². The number of hydrogen-bond donors (Lipinski definition) is 1. The van der Waals surface area contributed by atoms with E-state index in [1.807, 2.05) is 36.1 Å². The monoisotopic (exact) mass is 430 g/mol. The highest BCUT2D eigenvalue weighted by Gasteiger charge is 2.42. The minimum atomic E-state index is -0.388. The van der Waals surface area contributed by atoms with E-state index in [0.29, 0.717) is 17.1 Å². The molecule has 1 saturated heterocycles. The van der Waals surface area contributed by atoms with Crippen LogP contribution in [0.1, 0.15) is 19.4 Å². The number of likely N-dealkylation sites (tertiary alicyclic amines) is 1. The fraction of sp³-hybridized carbons (Fsp3) is 0.375.